The standard InChI is InChI=1S/C9H5BrF2N2O2/c1-16-9(15)7-4(3-13)5(10)2-6(14-7)8(11)12/h2,8H,1H3. The van der Waals surface area contributed by atoms with Gasteiger partial charge >= 0.3 is 5.97 Å². The molecule has 0 fully saturated rings. The van der Waals surface area contributed by atoms with Gasteiger partial charge in [-0.3, -0.25) is 0 Å². The first-order valence-corrected chi connectivity index (χ1v) is 4.77. The average Bonchev–Trinajstić information content (AvgIpc) is 2.26. The van der Waals surface area contributed by atoms with Gasteiger partial charge in [-0.05, 0) is 22.0 Å². The van der Waals surface area contributed by atoms with E-state index in [0.29, 0.717) is 0 Å². The van der Waals surface area contributed by atoms with E-state index < -0.39 is 23.8 Å². The van der Waals surface area contributed by atoms with Gasteiger partial charge < -0.3 is 4.74 Å². The van der Waals surface area contributed by atoms with Crippen LogP contribution in [0.25, 0.3) is 0 Å². The van der Waals surface area contributed by atoms with E-state index in [1.54, 1.807) is 6.07 Å². The Kier molecular flexibility index (Phi) is 3.90. The minimum Gasteiger partial charge on any atom is -0.464 e. The average molecular weight is 291 g/mol. The molecule has 1 aromatic heterocycles. The highest BCUT2D eigenvalue weighted by atomic mass is 79.9. The number of carbonyl (C=O) groups is 1. The van der Waals surface area contributed by atoms with Gasteiger partial charge in [0.15, 0.2) is 5.69 Å². The summed E-state index contributed by atoms with van der Waals surface area (Å²) in [5.41, 5.74) is -1.14. The summed E-state index contributed by atoms with van der Waals surface area (Å²) in [6, 6.07) is 2.69. The first kappa shape index (κ1) is 12.5. The van der Waals surface area contributed by atoms with Gasteiger partial charge in [-0.25, -0.2) is 18.6 Å². The van der Waals surface area contributed by atoms with Crippen LogP contribution in [0.4, 0.5) is 8.78 Å². The van der Waals surface area contributed by atoms with Crippen LogP contribution in [-0.4, -0.2) is 18.1 Å². The zero-order valence-corrected chi connectivity index (χ0v) is 9.59. The lowest BCUT2D eigenvalue weighted by Gasteiger charge is -2.06. The second kappa shape index (κ2) is 4.99. The number of aromatic nitrogens is 1. The molecule has 0 unspecified atom stereocenters. The van der Waals surface area contributed by atoms with E-state index in [1.807, 2.05) is 0 Å². The van der Waals surface area contributed by atoms with E-state index in [4.69, 9.17) is 5.26 Å². The third-order valence-corrected chi connectivity index (χ3v) is 2.33. The number of carbonyl (C=O) groups excluding carboxylic acids is 1. The van der Waals surface area contributed by atoms with Crippen LogP contribution in [0.2, 0.25) is 0 Å². The zero-order valence-electron chi connectivity index (χ0n) is 8.00. The topological polar surface area (TPSA) is 63.0 Å². The van der Waals surface area contributed by atoms with Crippen molar-refractivity contribution in [2.24, 2.45) is 0 Å². The van der Waals surface area contributed by atoms with Crippen molar-refractivity contribution in [3.8, 4) is 6.07 Å². The van der Waals surface area contributed by atoms with E-state index in [2.05, 4.69) is 25.7 Å². The van der Waals surface area contributed by atoms with Crippen LogP contribution >= 0.6 is 15.9 Å². The van der Waals surface area contributed by atoms with Gasteiger partial charge in [0.2, 0.25) is 0 Å². The van der Waals surface area contributed by atoms with Crippen molar-refractivity contribution in [3.63, 3.8) is 0 Å². The summed E-state index contributed by atoms with van der Waals surface area (Å²) in [5.74, 6) is -0.931. The number of nitrogens with zero attached hydrogens (tertiary/aromatic N) is 2. The Balaban J connectivity index is 3.44. The maximum Gasteiger partial charge on any atom is 0.358 e. The lowest BCUT2D eigenvalue weighted by molar-refractivity contribution is 0.0592. The Morgan fingerprint density at radius 2 is 2.31 bits per heavy atom. The number of pyridine rings is 1. The molecule has 0 saturated heterocycles. The molecule has 0 aromatic carbocycles. The fourth-order valence-electron chi connectivity index (χ4n) is 0.995. The molecule has 1 aromatic rings. The first-order valence-electron chi connectivity index (χ1n) is 3.98. The molecule has 4 nitrogen and oxygen atoms in total. The number of nitriles is 1. The normalized spacial score (nSPS) is 10.0. The van der Waals surface area contributed by atoms with Crippen molar-refractivity contribution >= 4 is 21.9 Å². The molecule has 0 N–H and O–H groups in total. The van der Waals surface area contributed by atoms with Gasteiger partial charge in [0.05, 0.1) is 12.7 Å². The Morgan fingerprint density at radius 1 is 1.69 bits per heavy atom. The van der Waals surface area contributed by atoms with Gasteiger partial charge in [-0.15, -0.1) is 0 Å². The van der Waals surface area contributed by atoms with Crippen LogP contribution in [0.3, 0.4) is 0 Å². The molecule has 0 aliphatic heterocycles. The van der Waals surface area contributed by atoms with Crippen molar-refractivity contribution in [1.29, 1.82) is 5.26 Å². The summed E-state index contributed by atoms with van der Waals surface area (Å²) in [6.45, 7) is 0. The maximum atomic E-state index is 12.4. The molecule has 84 valence electrons. The van der Waals surface area contributed by atoms with Crippen LogP contribution in [-0.2, 0) is 4.74 Å². The molecular weight excluding hydrogens is 286 g/mol. The lowest BCUT2D eigenvalue weighted by atomic mass is 10.2. The Morgan fingerprint density at radius 3 is 2.75 bits per heavy atom. The predicted molar refractivity (Wildman–Crippen MR) is 52.9 cm³/mol. The van der Waals surface area contributed by atoms with Gasteiger partial charge in [0.1, 0.15) is 11.8 Å². The zero-order chi connectivity index (χ0) is 12.3. The van der Waals surface area contributed by atoms with E-state index in [1.165, 1.54) is 0 Å². The van der Waals surface area contributed by atoms with Gasteiger partial charge in [0, 0.05) is 4.47 Å². The Labute approximate surface area is 98.0 Å². The molecule has 0 bridgehead atoms. The number of esters is 1. The molecule has 1 rings (SSSR count). The third-order valence-electron chi connectivity index (χ3n) is 1.71. The molecule has 0 aliphatic rings. The molecule has 16 heavy (non-hydrogen) atoms. The predicted octanol–water partition coefficient (Wildman–Crippen LogP) is 2.44. The largest absolute Gasteiger partial charge is 0.464 e. The Bertz CT molecular complexity index is 471. The van der Waals surface area contributed by atoms with E-state index in [0.717, 1.165) is 13.2 Å². The van der Waals surface area contributed by atoms with E-state index >= 15 is 0 Å². The second-order valence-electron chi connectivity index (χ2n) is 2.66. The van der Waals surface area contributed by atoms with Gasteiger partial charge in [-0.1, -0.05) is 0 Å². The third kappa shape index (κ3) is 2.33. The number of halogens is 3. The molecule has 0 radical (unpaired) electrons. The summed E-state index contributed by atoms with van der Waals surface area (Å²) in [6.07, 6.45) is -2.83. The molecular formula is C9H5BrF2N2O2. The summed E-state index contributed by atoms with van der Waals surface area (Å²) < 4.78 is 29.3. The minimum atomic E-state index is -2.83. The molecule has 0 saturated carbocycles. The van der Waals surface area contributed by atoms with Crippen molar-refractivity contribution < 1.29 is 18.3 Å². The molecule has 0 spiro atoms. The number of hydrogen-bond donors (Lipinski definition) is 0. The van der Waals surface area contributed by atoms with Gasteiger partial charge in [0.25, 0.3) is 6.43 Å². The summed E-state index contributed by atoms with van der Waals surface area (Å²) in [5, 5.41) is 8.76. The van der Waals surface area contributed by atoms with Crippen LogP contribution < -0.4 is 0 Å². The van der Waals surface area contributed by atoms with Crippen molar-refractivity contribution in [3.05, 3.63) is 27.5 Å². The highest BCUT2D eigenvalue weighted by molar-refractivity contribution is 9.10. The minimum absolute atomic E-state index is 0.0840. The SMILES string of the molecule is COC(=O)c1nc(C(F)F)cc(Br)c1C#N. The molecule has 1 heterocycles. The lowest BCUT2D eigenvalue weighted by Crippen LogP contribution is -2.10. The van der Waals surface area contributed by atoms with Crippen molar-refractivity contribution in [2.45, 2.75) is 6.43 Å². The number of ether oxygens (including phenoxy) is 1. The monoisotopic (exact) mass is 290 g/mol. The number of methoxy groups -OCH3 is 1. The number of rotatable bonds is 2. The van der Waals surface area contributed by atoms with Gasteiger partial charge in [-0.2, -0.15) is 5.26 Å². The second-order valence-corrected chi connectivity index (χ2v) is 3.51. The Hall–Kier alpha value is -1.55. The van der Waals surface area contributed by atoms with Crippen LogP contribution in [0, 0.1) is 11.3 Å². The quantitative estimate of drug-likeness (QED) is 0.785. The molecule has 0 aliphatic carbocycles. The maximum absolute atomic E-state index is 12.4. The van der Waals surface area contributed by atoms with Crippen molar-refractivity contribution in [1.82, 2.24) is 4.98 Å². The fraction of sp³-hybridized carbons (Fsp3) is 0.222. The van der Waals surface area contributed by atoms with E-state index in [-0.39, 0.29) is 10.0 Å². The first-order chi connectivity index (χ1) is 7.51. The molecule has 0 atom stereocenters. The van der Waals surface area contributed by atoms with Crippen LogP contribution in [0.5, 0.6) is 0 Å². The summed E-state index contributed by atoms with van der Waals surface area (Å²) in [4.78, 5) is 14.6. The highest BCUT2D eigenvalue weighted by Crippen LogP contribution is 2.25. The summed E-state index contributed by atoms with van der Waals surface area (Å²) >= 11 is 2.92. The molecule has 7 heteroatoms. The van der Waals surface area contributed by atoms with Crippen LogP contribution in [0.15, 0.2) is 10.5 Å². The number of alkyl halides is 2. The smallest absolute Gasteiger partial charge is 0.358 e. The highest BCUT2D eigenvalue weighted by Gasteiger charge is 2.21. The summed E-state index contributed by atoms with van der Waals surface area (Å²) in [7, 11) is 1.08. The molecule has 0 amide bonds. The van der Waals surface area contributed by atoms with Crippen molar-refractivity contribution in [2.75, 3.05) is 7.11 Å². The fourth-order valence-corrected chi connectivity index (χ4v) is 1.51. The van der Waals surface area contributed by atoms with Crippen LogP contribution in [0.1, 0.15) is 28.2 Å². The van der Waals surface area contributed by atoms with E-state index in [9.17, 15) is 13.6 Å². The number of hydrogen-bond acceptors (Lipinski definition) is 4.